The molecule has 1 fully saturated rings. The number of piperidine rings is 1. The van der Waals surface area contributed by atoms with Crippen molar-refractivity contribution in [1.82, 2.24) is 20.9 Å². The van der Waals surface area contributed by atoms with Gasteiger partial charge in [0.1, 0.15) is 0 Å². The summed E-state index contributed by atoms with van der Waals surface area (Å²) in [5.41, 5.74) is 1.07. The fraction of sp³-hybridized carbons (Fsp3) is 0.632. The largest absolute Gasteiger partial charge is 0.336 e. The summed E-state index contributed by atoms with van der Waals surface area (Å²) in [7, 11) is 2.12. The van der Waals surface area contributed by atoms with Gasteiger partial charge in [0, 0.05) is 24.2 Å². The number of rotatable bonds is 6. The van der Waals surface area contributed by atoms with E-state index in [-0.39, 0.29) is 17.6 Å². The molecule has 3 N–H and O–H groups in total. The maximum Gasteiger partial charge on any atom is 0.315 e. The van der Waals surface area contributed by atoms with Gasteiger partial charge in [-0.2, -0.15) is 0 Å². The molecule has 0 unspecified atom stereocenters. The molecule has 24 heavy (non-hydrogen) atoms. The van der Waals surface area contributed by atoms with Crippen molar-refractivity contribution in [1.29, 1.82) is 0 Å². The van der Waals surface area contributed by atoms with E-state index in [0.717, 1.165) is 25.9 Å². The summed E-state index contributed by atoms with van der Waals surface area (Å²) in [5, 5.41) is 9.69. The number of carbonyl (C=O) groups excluding carboxylic acids is 1. The van der Waals surface area contributed by atoms with E-state index in [1.807, 2.05) is 18.2 Å². The number of nitrogens with one attached hydrogen (secondary N) is 3. The van der Waals surface area contributed by atoms with Crippen molar-refractivity contribution in [2.75, 3.05) is 26.7 Å². The van der Waals surface area contributed by atoms with E-state index in [1.165, 1.54) is 5.56 Å². The lowest BCUT2D eigenvalue weighted by molar-refractivity contribution is 0.210. The summed E-state index contributed by atoms with van der Waals surface area (Å²) in [4.78, 5) is 14.4. The number of amides is 2. The van der Waals surface area contributed by atoms with Crippen LogP contribution in [0, 0.1) is 0 Å². The number of nitrogens with zero attached hydrogens (tertiary/aromatic N) is 1. The number of carbonyl (C=O) groups is 1. The molecule has 5 nitrogen and oxygen atoms in total. The van der Waals surface area contributed by atoms with Crippen molar-refractivity contribution in [3.63, 3.8) is 0 Å². The van der Waals surface area contributed by atoms with Crippen LogP contribution in [0.1, 0.15) is 45.2 Å². The average molecular weight is 332 g/mol. The third-order valence-corrected chi connectivity index (χ3v) is 4.65. The molecule has 1 aromatic carbocycles. The Bertz CT molecular complexity index is 509. The molecule has 1 aliphatic rings. The lowest BCUT2D eigenvalue weighted by Crippen LogP contribution is -2.53. The Hall–Kier alpha value is -1.59. The minimum atomic E-state index is -0.181. The highest BCUT2D eigenvalue weighted by Gasteiger charge is 2.23. The molecule has 0 aliphatic carbocycles. The van der Waals surface area contributed by atoms with Crippen molar-refractivity contribution in [2.45, 2.75) is 51.2 Å². The SMILES string of the molecule is C[C@@H](NC(C)(C)CNC(=O)NC1CCN(C)CC1)c1ccccc1. The Morgan fingerprint density at radius 1 is 1.25 bits per heavy atom. The normalized spacial score (nSPS) is 18.2. The standard InChI is InChI=1S/C19H32N4O/c1-15(16-8-6-5-7-9-16)22-19(2,3)14-20-18(24)21-17-10-12-23(4)13-11-17/h5-9,15,17,22H,10-14H2,1-4H3,(H2,20,21,24)/t15-/m1/s1. The van der Waals surface area contributed by atoms with Crippen molar-refractivity contribution in [2.24, 2.45) is 0 Å². The minimum Gasteiger partial charge on any atom is -0.336 e. The smallest absolute Gasteiger partial charge is 0.315 e. The highest BCUT2D eigenvalue weighted by atomic mass is 16.2. The van der Waals surface area contributed by atoms with Gasteiger partial charge in [-0.1, -0.05) is 30.3 Å². The molecule has 1 saturated heterocycles. The Morgan fingerprint density at radius 2 is 1.88 bits per heavy atom. The molecule has 0 bridgehead atoms. The highest BCUT2D eigenvalue weighted by Crippen LogP contribution is 2.15. The van der Waals surface area contributed by atoms with E-state index in [4.69, 9.17) is 0 Å². The summed E-state index contributed by atoms with van der Waals surface area (Å²) >= 11 is 0. The van der Waals surface area contributed by atoms with Gasteiger partial charge in [0.15, 0.2) is 0 Å². The quantitative estimate of drug-likeness (QED) is 0.750. The molecule has 2 amide bonds. The molecular weight excluding hydrogens is 300 g/mol. The van der Waals surface area contributed by atoms with Crippen molar-refractivity contribution in [3.8, 4) is 0 Å². The maximum atomic E-state index is 12.1. The predicted molar refractivity (Wildman–Crippen MR) is 99.1 cm³/mol. The monoisotopic (exact) mass is 332 g/mol. The van der Waals surface area contributed by atoms with E-state index < -0.39 is 0 Å². The van der Waals surface area contributed by atoms with Crippen molar-refractivity contribution >= 4 is 6.03 Å². The third kappa shape index (κ3) is 6.13. The van der Waals surface area contributed by atoms with Crippen molar-refractivity contribution < 1.29 is 4.79 Å². The van der Waals surface area contributed by atoms with Crippen molar-refractivity contribution in [3.05, 3.63) is 35.9 Å². The molecule has 1 aliphatic heterocycles. The van der Waals surface area contributed by atoms with Gasteiger partial charge < -0.3 is 20.9 Å². The van der Waals surface area contributed by atoms with Crippen LogP contribution in [-0.4, -0.2) is 49.2 Å². The van der Waals surface area contributed by atoms with E-state index >= 15 is 0 Å². The van der Waals surface area contributed by atoms with Crippen LogP contribution >= 0.6 is 0 Å². The zero-order valence-electron chi connectivity index (χ0n) is 15.4. The van der Waals surface area contributed by atoms with Crippen LogP contribution in [0.5, 0.6) is 0 Å². The van der Waals surface area contributed by atoms with Gasteiger partial charge in [-0.3, -0.25) is 0 Å². The molecule has 0 saturated carbocycles. The zero-order chi connectivity index (χ0) is 17.6. The van der Waals surface area contributed by atoms with Gasteiger partial charge in [0.2, 0.25) is 0 Å². The topological polar surface area (TPSA) is 56.4 Å². The van der Waals surface area contributed by atoms with Gasteiger partial charge in [-0.25, -0.2) is 4.79 Å². The number of benzene rings is 1. The first-order valence-corrected chi connectivity index (χ1v) is 8.91. The highest BCUT2D eigenvalue weighted by molar-refractivity contribution is 5.74. The number of hydrogen-bond donors (Lipinski definition) is 3. The first-order chi connectivity index (χ1) is 11.4. The Balaban J connectivity index is 1.74. The first-order valence-electron chi connectivity index (χ1n) is 8.91. The van der Waals surface area contributed by atoms with Crippen LogP contribution in [0.4, 0.5) is 4.79 Å². The summed E-state index contributed by atoms with van der Waals surface area (Å²) in [5.74, 6) is 0. The summed E-state index contributed by atoms with van der Waals surface area (Å²) in [6, 6.07) is 10.8. The number of hydrogen-bond acceptors (Lipinski definition) is 3. The molecule has 0 aromatic heterocycles. The van der Waals surface area contributed by atoms with E-state index in [1.54, 1.807) is 0 Å². The lowest BCUT2D eigenvalue weighted by atomic mass is 10.0. The molecule has 1 heterocycles. The van der Waals surface area contributed by atoms with Crippen LogP contribution in [0.15, 0.2) is 30.3 Å². The summed E-state index contributed by atoms with van der Waals surface area (Å²) in [6.45, 7) is 9.06. The Kier molecular flexibility index (Phi) is 6.63. The van der Waals surface area contributed by atoms with Gasteiger partial charge in [-0.15, -0.1) is 0 Å². The molecule has 1 atom stereocenters. The van der Waals surface area contributed by atoms with Gasteiger partial charge >= 0.3 is 6.03 Å². The second-order valence-corrected chi connectivity index (χ2v) is 7.57. The van der Waals surface area contributed by atoms with Crippen LogP contribution in [0.3, 0.4) is 0 Å². The average Bonchev–Trinajstić information content (AvgIpc) is 2.56. The lowest BCUT2D eigenvalue weighted by Gasteiger charge is -2.32. The zero-order valence-corrected chi connectivity index (χ0v) is 15.4. The van der Waals surface area contributed by atoms with Crippen LogP contribution in [0.25, 0.3) is 0 Å². The van der Waals surface area contributed by atoms with Gasteiger partial charge in [-0.05, 0) is 59.3 Å². The van der Waals surface area contributed by atoms with Gasteiger partial charge in [0.25, 0.3) is 0 Å². The molecule has 0 spiro atoms. The second-order valence-electron chi connectivity index (χ2n) is 7.57. The fourth-order valence-electron chi connectivity index (χ4n) is 3.15. The van der Waals surface area contributed by atoms with E-state index in [0.29, 0.717) is 12.6 Å². The maximum absolute atomic E-state index is 12.1. The van der Waals surface area contributed by atoms with E-state index in [2.05, 4.69) is 60.8 Å². The van der Waals surface area contributed by atoms with Crippen LogP contribution in [0.2, 0.25) is 0 Å². The van der Waals surface area contributed by atoms with Crippen LogP contribution < -0.4 is 16.0 Å². The first kappa shape index (κ1) is 18.7. The number of urea groups is 1. The molecule has 1 aromatic rings. The number of likely N-dealkylation sites (tertiary alicyclic amines) is 1. The van der Waals surface area contributed by atoms with Gasteiger partial charge in [0.05, 0.1) is 0 Å². The Labute approximate surface area is 146 Å². The molecule has 5 heteroatoms. The predicted octanol–water partition coefficient (Wildman–Crippen LogP) is 2.51. The minimum absolute atomic E-state index is 0.0632. The summed E-state index contributed by atoms with van der Waals surface area (Å²) in [6.07, 6.45) is 2.05. The third-order valence-electron chi connectivity index (χ3n) is 4.65. The Morgan fingerprint density at radius 3 is 2.50 bits per heavy atom. The van der Waals surface area contributed by atoms with E-state index in [9.17, 15) is 4.79 Å². The molecular formula is C19H32N4O. The fourth-order valence-corrected chi connectivity index (χ4v) is 3.15. The molecule has 2 rings (SSSR count). The van der Waals surface area contributed by atoms with Crippen LogP contribution in [-0.2, 0) is 0 Å². The molecule has 134 valence electrons. The summed E-state index contributed by atoms with van der Waals surface area (Å²) < 4.78 is 0. The molecule has 0 radical (unpaired) electrons. The second kappa shape index (κ2) is 8.49.